The lowest BCUT2D eigenvalue weighted by atomic mass is 9.91. The van der Waals surface area contributed by atoms with Crippen LogP contribution in [0.4, 0.5) is 0 Å². The third-order valence-corrected chi connectivity index (χ3v) is 3.35. The van der Waals surface area contributed by atoms with Crippen LogP contribution in [-0.4, -0.2) is 21.7 Å². The standard InChI is InChI=1S/C19H27N3O3/c1-18(2,3)16-9-7-8-13(21-16)11-20-12-14-10-15(22-25-14)17(23)24-19(4,5)6/h7-10,20H,11-12H2,1-6H3. The maximum atomic E-state index is 11.9. The third kappa shape index (κ3) is 5.98. The lowest BCUT2D eigenvalue weighted by Crippen LogP contribution is -2.24. The molecule has 1 N–H and O–H groups in total. The molecule has 2 aromatic rings. The molecule has 0 atom stereocenters. The summed E-state index contributed by atoms with van der Waals surface area (Å²) < 4.78 is 10.4. The van der Waals surface area contributed by atoms with Crippen molar-refractivity contribution in [2.24, 2.45) is 0 Å². The van der Waals surface area contributed by atoms with Gasteiger partial charge in [-0.1, -0.05) is 32.0 Å². The molecule has 136 valence electrons. The average Bonchev–Trinajstić information content (AvgIpc) is 2.94. The molecule has 0 aliphatic heterocycles. The van der Waals surface area contributed by atoms with E-state index >= 15 is 0 Å². The molecule has 6 nitrogen and oxygen atoms in total. The highest BCUT2D eigenvalue weighted by atomic mass is 16.6. The van der Waals surface area contributed by atoms with Gasteiger partial charge in [0, 0.05) is 23.7 Å². The van der Waals surface area contributed by atoms with Crippen LogP contribution in [0.25, 0.3) is 0 Å². The highest BCUT2D eigenvalue weighted by molar-refractivity contribution is 5.87. The second kappa shape index (κ2) is 7.35. The SMILES string of the molecule is CC(C)(C)OC(=O)c1cc(CNCc2cccc(C(C)(C)C)n2)on1. The minimum atomic E-state index is -0.557. The molecule has 0 radical (unpaired) electrons. The van der Waals surface area contributed by atoms with Gasteiger partial charge in [0.15, 0.2) is 11.5 Å². The number of pyridine rings is 1. The largest absolute Gasteiger partial charge is 0.455 e. The summed E-state index contributed by atoms with van der Waals surface area (Å²) in [5.41, 5.74) is 1.65. The summed E-state index contributed by atoms with van der Waals surface area (Å²) in [6, 6.07) is 7.63. The number of esters is 1. The maximum absolute atomic E-state index is 11.9. The molecule has 2 aromatic heterocycles. The van der Waals surface area contributed by atoms with Crippen LogP contribution in [0.5, 0.6) is 0 Å². The molecule has 0 saturated carbocycles. The predicted molar refractivity (Wildman–Crippen MR) is 95.2 cm³/mol. The van der Waals surface area contributed by atoms with E-state index in [-0.39, 0.29) is 11.1 Å². The van der Waals surface area contributed by atoms with Crippen molar-refractivity contribution < 1.29 is 14.1 Å². The zero-order chi connectivity index (χ0) is 18.7. The van der Waals surface area contributed by atoms with E-state index in [1.54, 1.807) is 6.07 Å². The summed E-state index contributed by atoms with van der Waals surface area (Å²) in [4.78, 5) is 16.6. The van der Waals surface area contributed by atoms with Crippen molar-refractivity contribution in [3.63, 3.8) is 0 Å². The van der Waals surface area contributed by atoms with Crippen LogP contribution in [0.3, 0.4) is 0 Å². The Hall–Kier alpha value is -2.21. The Morgan fingerprint density at radius 3 is 2.52 bits per heavy atom. The molecule has 0 amide bonds. The highest BCUT2D eigenvalue weighted by Gasteiger charge is 2.21. The van der Waals surface area contributed by atoms with Gasteiger partial charge in [0.2, 0.25) is 0 Å². The molecule has 0 aromatic carbocycles. The number of rotatable bonds is 5. The molecular formula is C19H27N3O3. The summed E-state index contributed by atoms with van der Waals surface area (Å²) in [7, 11) is 0. The molecule has 2 rings (SSSR count). The summed E-state index contributed by atoms with van der Waals surface area (Å²) in [5, 5.41) is 7.02. The van der Waals surface area contributed by atoms with Crippen LogP contribution >= 0.6 is 0 Å². The Kier molecular flexibility index (Phi) is 5.62. The van der Waals surface area contributed by atoms with Crippen LogP contribution < -0.4 is 5.32 Å². The normalized spacial score (nSPS) is 12.2. The fourth-order valence-electron chi connectivity index (χ4n) is 2.13. The number of hydrogen-bond acceptors (Lipinski definition) is 6. The van der Waals surface area contributed by atoms with Gasteiger partial charge in [0.25, 0.3) is 0 Å². The summed E-state index contributed by atoms with van der Waals surface area (Å²) in [5.74, 6) is 0.0925. The zero-order valence-corrected chi connectivity index (χ0v) is 15.8. The topological polar surface area (TPSA) is 77.2 Å². The van der Waals surface area contributed by atoms with Gasteiger partial charge >= 0.3 is 5.97 Å². The lowest BCUT2D eigenvalue weighted by Gasteiger charge is -2.18. The molecule has 0 aliphatic carbocycles. The molecule has 6 heteroatoms. The van der Waals surface area contributed by atoms with E-state index in [0.717, 1.165) is 11.4 Å². The lowest BCUT2D eigenvalue weighted by molar-refractivity contribution is 0.00587. The van der Waals surface area contributed by atoms with E-state index in [1.165, 1.54) is 0 Å². The molecule has 25 heavy (non-hydrogen) atoms. The Morgan fingerprint density at radius 1 is 1.16 bits per heavy atom. The summed E-state index contributed by atoms with van der Waals surface area (Å²) >= 11 is 0. The van der Waals surface area contributed by atoms with Crippen molar-refractivity contribution in [3.05, 3.63) is 47.1 Å². The number of nitrogens with zero attached hydrogens (tertiary/aromatic N) is 2. The smallest absolute Gasteiger partial charge is 0.361 e. The number of hydrogen-bond donors (Lipinski definition) is 1. The zero-order valence-electron chi connectivity index (χ0n) is 15.8. The van der Waals surface area contributed by atoms with E-state index in [2.05, 4.69) is 36.2 Å². The number of carbonyl (C=O) groups is 1. The Balaban J connectivity index is 1.90. The monoisotopic (exact) mass is 345 g/mol. The van der Waals surface area contributed by atoms with Crippen molar-refractivity contribution in [1.82, 2.24) is 15.5 Å². The van der Waals surface area contributed by atoms with Gasteiger partial charge in [-0.15, -0.1) is 0 Å². The maximum Gasteiger partial charge on any atom is 0.361 e. The molecule has 0 unspecified atom stereocenters. The number of carbonyl (C=O) groups excluding carboxylic acids is 1. The van der Waals surface area contributed by atoms with Gasteiger partial charge in [-0.3, -0.25) is 4.98 Å². The Bertz CT molecular complexity index is 724. The minimum Gasteiger partial charge on any atom is -0.455 e. The first-order valence-corrected chi connectivity index (χ1v) is 8.41. The van der Waals surface area contributed by atoms with Crippen LogP contribution in [0, 0.1) is 0 Å². The van der Waals surface area contributed by atoms with Gasteiger partial charge in [-0.25, -0.2) is 4.79 Å². The van der Waals surface area contributed by atoms with E-state index in [9.17, 15) is 4.79 Å². The second-order valence-corrected chi connectivity index (χ2v) is 8.05. The molecular weight excluding hydrogens is 318 g/mol. The van der Waals surface area contributed by atoms with Crippen molar-refractivity contribution in [2.45, 2.75) is 65.6 Å². The average molecular weight is 345 g/mol. The molecule has 2 heterocycles. The first-order valence-electron chi connectivity index (χ1n) is 8.41. The molecule has 0 bridgehead atoms. The van der Waals surface area contributed by atoms with E-state index in [1.807, 2.05) is 39.0 Å². The van der Waals surface area contributed by atoms with Crippen molar-refractivity contribution in [2.75, 3.05) is 0 Å². The van der Waals surface area contributed by atoms with Crippen LogP contribution in [0.2, 0.25) is 0 Å². The van der Waals surface area contributed by atoms with Crippen molar-refractivity contribution in [3.8, 4) is 0 Å². The minimum absolute atomic E-state index is 0.0171. The van der Waals surface area contributed by atoms with E-state index in [4.69, 9.17) is 9.26 Å². The van der Waals surface area contributed by atoms with E-state index in [0.29, 0.717) is 18.8 Å². The Morgan fingerprint density at radius 2 is 1.88 bits per heavy atom. The van der Waals surface area contributed by atoms with Crippen LogP contribution in [-0.2, 0) is 23.2 Å². The molecule has 0 fully saturated rings. The van der Waals surface area contributed by atoms with E-state index < -0.39 is 11.6 Å². The fraction of sp³-hybridized carbons (Fsp3) is 0.526. The first kappa shape index (κ1) is 19.1. The number of aromatic nitrogens is 2. The number of ether oxygens (including phenoxy) is 1. The highest BCUT2D eigenvalue weighted by Crippen LogP contribution is 2.19. The van der Waals surface area contributed by atoms with Gasteiger partial charge in [0.1, 0.15) is 5.60 Å². The summed E-state index contributed by atoms with van der Waals surface area (Å²) in [6.07, 6.45) is 0. The molecule has 0 spiro atoms. The summed E-state index contributed by atoms with van der Waals surface area (Å²) in [6.45, 7) is 12.9. The van der Waals surface area contributed by atoms with Crippen LogP contribution in [0.15, 0.2) is 28.8 Å². The quantitative estimate of drug-likeness (QED) is 0.834. The fourth-order valence-corrected chi connectivity index (χ4v) is 2.13. The third-order valence-electron chi connectivity index (χ3n) is 3.35. The van der Waals surface area contributed by atoms with Crippen molar-refractivity contribution >= 4 is 5.97 Å². The van der Waals surface area contributed by atoms with Gasteiger partial charge in [-0.2, -0.15) is 0 Å². The van der Waals surface area contributed by atoms with Gasteiger partial charge in [0.05, 0.1) is 12.2 Å². The van der Waals surface area contributed by atoms with Crippen molar-refractivity contribution in [1.29, 1.82) is 0 Å². The number of nitrogens with one attached hydrogen (secondary N) is 1. The second-order valence-electron chi connectivity index (χ2n) is 8.05. The van der Waals surface area contributed by atoms with Gasteiger partial charge in [-0.05, 0) is 32.9 Å². The first-order chi connectivity index (χ1) is 11.5. The molecule has 0 aliphatic rings. The van der Waals surface area contributed by atoms with Gasteiger partial charge < -0.3 is 14.6 Å². The Labute approximate surface area is 149 Å². The van der Waals surface area contributed by atoms with Crippen LogP contribution in [0.1, 0.15) is 69.2 Å². The molecule has 0 saturated heterocycles. The predicted octanol–water partition coefficient (Wildman–Crippen LogP) is 3.61.